The van der Waals surface area contributed by atoms with Crippen LogP contribution in [0.3, 0.4) is 0 Å². The molecule has 2 N–H and O–H groups in total. The van der Waals surface area contributed by atoms with Gasteiger partial charge in [0.1, 0.15) is 0 Å². The second-order valence-electron chi connectivity index (χ2n) is 4.20. The lowest BCUT2D eigenvalue weighted by atomic mass is 10.1. The van der Waals surface area contributed by atoms with Gasteiger partial charge in [0.2, 0.25) is 5.91 Å². The smallest absolute Gasteiger partial charge is 0.234 e. The molecule has 1 amide bonds. The van der Waals surface area contributed by atoms with Crippen molar-refractivity contribution < 1.29 is 9.53 Å². The first-order valence-corrected chi connectivity index (χ1v) is 5.10. The summed E-state index contributed by atoms with van der Waals surface area (Å²) in [6.45, 7) is 5.93. The Morgan fingerprint density at radius 2 is 2.14 bits per heavy atom. The predicted molar refractivity (Wildman–Crippen MR) is 54.8 cm³/mol. The monoisotopic (exact) mass is 200 g/mol. The van der Waals surface area contributed by atoms with Crippen molar-refractivity contribution >= 4 is 5.91 Å². The maximum Gasteiger partial charge on any atom is 0.234 e. The second-order valence-corrected chi connectivity index (χ2v) is 4.20. The molecular formula is C10H20N2O2. The van der Waals surface area contributed by atoms with Gasteiger partial charge in [-0.15, -0.1) is 0 Å². The van der Waals surface area contributed by atoms with Crippen LogP contribution in [0, 0.1) is 0 Å². The third-order valence-electron chi connectivity index (χ3n) is 3.11. The molecular weight excluding hydrogens is 180 g/mol. The maximum absolute atomic E-state index is 11.0. The van der Waals surface area contributed by atoms with Gasteiger partial charge in [-0.05, 0) is 34.2 Å². The zero-order valence-electron chi connectivity index (χ0n) is 9.36. The summed E-state index contributed by atoms with van der Waals surface area (Å²) < 4.78 is 5.63. The van der Waals surface area contributed by atoms with Crippen LogP contribution in [0.5, 0.6) is 0 Å². The van der Waals surface area contributed by atoms with Gasteiger partial charge in [0.05, 0.1) is 18.2 Å². The highest BCUT2D eigenvalue weighted by molar-refractivity contribution is 5.79. The van der Waals surface area contributed by atoms with Gasteiger partial charge in [-0.3, -0.25) is 9.69 Å². The summed E-state index contributed by atoms with van der Waals surface area (Å²) in [7, 11) is 1.93. The molecule has 82 valence electrons. The van der Waals surface area contributed by atoms with Crippen molar-refractivity contribution in [3.05, 3.63) is 0 Å². The largest absolute Gasteiger partial charge is 0.374 e. The highest BCUT2D eigenvalue weighted by Gasteiger charge is 2.35. The van der Waals surface area contributed by atoms with E-state index in [4.69, 9.17) is 10.5 Å². The molecule has 14 heavy (non-hydrogen) atoms. The number of nitrogens with two attached hydrogens (primary N) is 1. The van der Waals surface area contributed by atoms with E-state index in [-0.39, 0.29) is 24.2 Å². The van der Waals surface area contributed by atoms with Crippen LogP contribution in [0.2, 0.25) is 0 Å². The number of primary amides is 1. The molecule has 1 aliphatic rings. The predicted octanol–water partition coefficient (Wildman–Crippen LogP) is 0.358. The summed E-state index contributed by atoms with van der Waals surface area (Å²) in [5.74, 6) is -0.278. The van der Waals surface area contributed by atoms with E-state index < -0.39 is 0 Å². The fourth-order valence-corrected chi connectivity index (χ4v) is 2.03. The maximum atomic E-state index is 11.0. The van der Waals surface area contributed by atoms with E-state index in [1.165, 1.54) is 0 Å². The van der Waals surface area contributed by atoms with Gasteiger partial charge < -0.3 is 10.5 Å². The molecule has 4 unspecified atom stereocenters. The Balaban J connectivity index is 2.60. The van der Waals surface area contributed by atoms with Crippen molar-refractivity contribution in [1.82, 2.24) is 4.90 Å². The first kappa shape index (κ1) is 11.5. The summed E-state index contributed by atoms with van der Waals surface area (Å²) >= 11 is 0. The summed E-state index contributed by atoms with van der Waals surface area (Å²) in [5, 5.41) is 0. The van der Waals surface area contributed by atoms with Gasteiger partial charge in [0.15, 0.2) is 0 Å². The quantitative estimate of drug-likeness (QED) is 0.715. The van der Waals surface area contributed by atoms with Crippen LogP contribution in [0.4, 0.5) is 0 Å². The van der Waals surface area contributed by atoms with Crippen LogP contribution in [-0.4, -0.2) is 42.1 Å². The Kier molecular flexibility index (Phi) is 3.50. The van der Waals surface area contributed by atoms with Gasteiger partial charge in [-0.1, -0.05) is 0 Å². The van der Waals surface area contributed by atoms with Crippen molar-refractivity contribution in [3.8, 4) is 0 Å². The van der Waals surface area contributed by atoms with Crippen molar-refractivity contribution in [2.75, 3.05) is 7.05 Å². The number of amides is 1. The third kappa shape index (κ3) is 2.25. The zero-order valence-corrected chi connectivity index (χ0v) is 9.36. The summed E-state index contributed by atoms with van der Waals surface area (Å²) in [6, 6.07) is 0.0730. The minimum atomic E-state index is -0.278. The van der Waals surface area contributed by atoms with E-state index in [1.807, 2.05) is 25.8 Å². The molecule has 4 nitrogen and oxygen atoms in total. The first-order valence-electron chi connectivity index (χ1n) is 5.10. The van der Waals surface area contributed by atoms with Crippen LogP contribution in [0.25, 0.3) is 0 Å². The average Bonchev–Trinajstić information content (AvgIpc) is 2.42. The summed E-state index contributed by atoms with van der Waals surface area (Å²) in [6.07, 6.45) is 1.42. The van der Waals surface area contributed by atoms with Crippen molar-refractivity contribution in [1.29, 1.82) is 0 Å². The molecule has 4 atom stereocenters. The lowest BCUT2D eigenvalue weighted by molar-refractivity contribution is -0.123. The van der Waals surface area contributed by atoms with E-state index in [9.17, 15) is 4.79 Å². The van der Waals surface area contributed by atoms with Crippen LogP contribution >= 0.6 is 0 Å². The van der Waals surface area contributed by atoms with Gasteiger partial charge in [0.25, 0.3) is 0 Å². The molecule has 0 aromatic carbocycles. The molecule has 1 saturated heterocycles. The molecule has 4 heteroatoms. The topological polar surface area (TPSA) is 55.6 Å². The Morgan fingerprint density at radius 3 is 2.50 bits per heavy atom. The Labute approximate surface area is 85.4 Å². The summed E-state index contributed by atoms with van der Waals surface area (Å²) in [4.78, 5) is 13.0. The minimum Gasteiger partial charge on any atom is -0.374 e. The minimum absolute atomic E-state index is 0.178. The van der Waals surface area contributed by atoms with E-state index in [2.05, 4.69) is 6.92 Å². The van der Waals surface area contributed by atoms with Crippen LogP contribution in [0.1, 0.15) is 27.2 Å². The molecule has 1 fully saturated rings. The summed E-state index contributed by atoms with van der Waals surface area (Å²) in [5.41, 5.74) is 5.26. The standard InChI is InChI=1S/C10H20N2O2/c1-6-5-9(8(3)14-6)12(4)7(2)10(11)13/h6-9H,5H2,1-4H3,(H2,11,13). The molecule has 0 aromatic heterocycles. The van der Waals surface area contributed by atoms with Crippen molar-refractivity contribution in [3.63, 3.8) is 0 Å². The highest BCUT2D eigenvalue weighted by Crippen LogP contribution is 2.24. The number of nitrogens with zero attached hydrogens (tertiary/aromatic N) is 1. The lowest BCUT2D eigenvalue weighted by Gasteiger charge is -2.30. The number of carbonyl (C=O) groups is 1. The number of likely N-dealkylation sites (N-methyl/N-ethyl adjacent to an activating group) is 1. The lowest BCUT2D eigenvalue weighted by Crippen LogP contribution is -2.48. The van der Waals surface area contributed by atoms with Crippen molar-refractivity contribution in [2.24, 2.45) is 5.73 Å². The van der Waals surface area contributed by atoms with Crippen LogP contribution in [-0.2, 0) is 9.53 Å². The molecule has 0 aliphatic carbocycles. The highest BCUT2D eigenvalue weighted by atomic mass is 16.5. The number of carbonyl (C=O) groups excluding carboxylic acids is 1. The van der Waals surface area contributed by atoms with E-state index >= 15 is 0 Å². The molecule has 0 radical (unpaired) electrons. The second kappa shape index (κ2) is 4.28. The molecule has 1 rings (SSSR count). The van der Waals surface area contributed by atoms with Crippen LogP contribution in [0.15, 0.2) is 0 Å². The number of hydrogen-bond donors (Lipinski definition) is 1. The van der Waals surface area contributed by atoms with Gasteiger partial charge >= 0.3 is 0 Å². The third-order valence-corrected chi connectivity index (χ3v) is 3.11. The van der Waals surface area contributed by atoms with Gasteiger partial charge in [-0.25, -0.2) is 0 Å². The fraction of sp³-hybridized carbons (Fsp3) is 0.900. The molecule has 0 saturated carbocycles. The number of hydrogen-bond acceptors (Lipinski definition) is 3. The van der Waals surface area contributed by atoms with Crippen molar-refractivity contribution in [2.45, 2.75) is 51.5 Å². The molecule has 0 aromatic rings. The average molecular weight is 200 g/mol. The normalized spacial score (nSPS) is 34.8. The fourth-order valence-electron chi connectivity index (χ4n) is 2.03. The molecule has 0 bridgehead atoms. The number of rotatable bonds is 3. The SMILES string of the molecule is CC1CC(N(C)C(C)C(N)=O)C(C)O1. The molecule has 1 heterocycles. The zero-order chi connectivity index (χ0) is 10.9. The van der Waals surface area contributed by atoms with Gasteiger partial charge in [0, 0.05) is 6.04 Å². The van der Waals surface area contributed by atoms with Gasteiger partial charge in [-0.2, -0.15) is 0 Å². The molecule has 0 spiro atoms. The number of ether oxygens (including phenoxy) is 1. The Hall–Kier alpha value is -0.610. The first-order chi connectivity index (χ1) is 6.43. The molecule has 1 aliphatic heterocycles. The van der Waals surface area contributed by atoms with E-state index in [0.29, 0.717) is 6.04 Å². The van der Waals surface area contributed by atoms with Crippen LogP contribution < -0.4 is 5.73 Å². The van der Waals surface area contributed by atoms with E-state index in [0.717, 1.165) is 6.42 Å². The Bertz CT molecular complexity index is 220. The van der Waals surface area contributed by atoms with E-state index in [1.54, 1.807) is 0 Å². The Morgan fingerprint density at radius 1 is 1.57 bits per heavy atom.